The van der Waals surface area contributed by atoms with Gasteiger partial charge in [0.25, 0.3) is 0 Å². The quantitative estimate of drug-likeness (QED) is 0.464. The molecule has 0 saturated carbocycles. The molecule has 170 valence electrons. The molecule has 32 heavy (non-hydrogen) atoms. The van der Waals surface area contributed by atoms with E-state index < -0.39 is 39.9 Å². The molecule has 2 N–H and O–H groups in total. The van der Waals surface area contributed by atoms with E-state index in [-0.39, 0.29) is 0 Å². The van der Waals surface area contributed by atoms with Crippen LogP contribution in [0.5, 0.6) is 0 Å². The number of alkyl carbamates (subject to hydrolysis) is 1. The maximum atomic E-state index is 14.2. The van der Waals surface area contributed by atoms with E-state index in [0.29, 0.717) is 27.7 Å². The number of carbonyl (C=O) groups excluding carboxylic acids is 1. The summed E-state index contributed by atoms with van der Waals surface area (Å²) < 4.78 is 41.6. The molecular formula is C24H27FN2O4S. The summed E-state index contributed by atoms with van der Waals surface area (Å²) in [5, 5.41) is 2.42. The van der Waals surface area contributed by atoms with Crippen LogP contribution in [0.25, 0.3) is 22.0 Å². The lowest BCUT2D eigenvalue weighted by molar-refractivity contribution is 0.0507. The van der Waals surface area contributed by atoms with E-state index in [9.17, 15) is 17.9 Å². The minimum atomic E-state index is -2.22. The molecule has 0 aliphatic heterocycles. The zero-order valence-corrected chi connectivity index (χ0v) is 19.5. The molecule has 1 aromatic heterocycles. The summed E-state index contributed by atoms with van der Waals surface area (Å²) in [4.78, 5) is 17.2. The van der Waals surface area contributed by atoms with Gasteiger partial charge in [-0.2, -0.15) is 0 Å². The lowest BCUT2D eigenvalue weighted by Gasteiger charge is -2.25. The summed E-state index contributed by atoms with van der Waals surface area (Å²) in [5.74, 6) is -0.469. The Bertz CT molecular complexity index is 1160. The van der Waals surface area contributed by atoms with Gasteiger partial charge in [0, 0.05) is 10.9 Å². The molecule has 3 rings (SSSR count). The second kappa shape index (κ2) is 9.34. The summed E-state index contributed by atoms with van der Waals surface area (Å²) in [6.45, 7) is 8.68. The molecule has 0 saturated heterocycles. The van der Waals surface area contributed by atoms with Gasteiger partial charge in [-0.05, 0) is 63.9 Å². The Kier molecular flexibility index (Phi) is 6.95. The summed E-state index contributed by atoms with van der Waals surface area (Å²) >= 11 is -2.22. The highest BCUT2D eigenvalue weighted by molar-refractivity contribution is 7.79. The predicted octanol–water partition coefficient (Wildman–Crippen LogP) is 5.91. The fourth-order valence-corrected chi connectivity index (χ4v) is 4.02. The normalized spacial score (nSPS) is 14.6. The Morgan fingerprint density at radius 3 is 2.41 bits per heavy atom. The first-order chi connectivity index (χ1) is 15.0. The number of pyridine rings is 1. The van der Waals surface area contributed by atoms with Gasteiger partial charge >= 0.3 is 6.09 Å². The molecule has 0 bridgehead atoms. The van der Waals surface area contributed by atoms with Crippen molar-refractivity contribution in [2.75, 3.05) is 0 Å². The number of nitrogens with zero attached hydrogens (tertiary/aromatic N) is 1. The number of ether oxygens (including phenoxy) is 1. The van der Waals surface area contributed by atoms with Gasteiger partial charge in [0.1, 0.15) is 11.4 Å². The number of halogens is 1. The van der Waals surface area contributed by atoms with Crippen LogP contribution < -0.4 is 5.32 Å². The highest BCUT2D eigenvalue weighted by Crippen LogP contribution is 2.40. The first-order valence-corrected chi connectivity index (χ1v) is 11.4. The smallest absolute Gasteiger partial charge is 0.408 e. The van der Waals surface area contributed by atoms with Crippen molar-refractivity contribution in [2.45, 2.75) is 51.5 Å². The Labute approximate surface area is 189 Å². The first-order valence-electron chi connectivity index (χ1n) is 10.3. The van der Waals surface area contributed by atoms with Gasteiger partial charge in [0.05, 0.1) is 22.5 Å². The zero-order chi connectivity index (χ0) is 23.6. The van der Waals surface area contributed by atoms with Crippen molar-refractivity contribution in [2.24, 2.45) is 0 Å². The zero-order valence-electron chi connectivity index (χ0n) is 18.7. The molecule has 0 aliphatic carbocycles. The maximum absolute atomic E-state index is 14.2. The SMILES string of the molecule is CC(NC(=O)OC(C)(C)C)c1nc2ccc(F)cc2c(C(C)S(=O)O)c1-c1ccccc1. The number of fused-ring (bicyclic) bond motifs is 1. The topological polar surface area (TPSA) is 88.5 Å². The van der Waals surface area contributed by atoms with Crippen molar-refractivity contribution in [3.05, 3.63) is 65.6 Å². The van der Waals surface area contributed by atoms with Crippen LogP contribution in [0.2, 0.25) is 0 Å². The summed E-state index contributed by atoms with van der Waals surface area (Å²) in [5.41, 5.74) is 2.11. The number of rotatable bonds is 5. The van der Waals surface area contributed by atoms with Gasteiger partial charge in [-0.25, -0.2) is 18.4 Å². The maximum Gasteiger partial charge on any atom is 0.408 e. The van der Waals surface area contributed by atoms with Gasteiger partial charge in [-0.1, -0.05) is 30.3 Å². The molecule has 0 aliphatic rings. The van der Waals surface area contributed by atoms with Crippen LogP contribution in [0.3, 0.4) is 0 Å². The third-order valence-corrected chi connectivity index (χ3v) is 5.77. The van der Waals surface area contributed by atoms with Crippen LogP contribution in [0, 0.1) is 5.82 Å². The van der Waals surface area contributed by atoms with Crippen LogP contribution >= 0.6 is 0 Å². The van der Waals surface area contributed by atoms with E-state index in [2.05, 4.69) is 5.32 Å². The second-order valence-electron chi connectivity index (χ2n) is 8.60. The average Bonchev–Trinajstić information content (AvgIpc) is 2.70. The standard InChI is InChI=1S/C24H27FN2O4S/c1-14(26-23(28)31-24(3,4)5)22-21(16-9-7-6-8-10-16)20(15(2)32(29)30)18-13-17(25)11-12-19(18)27-22/h6-15H,1-5H3,(H,26,28)(H,29,30). The van der Waals surface area contributed by atoms with Crippen LogP contribution in [0.4, 0.5) is 9.18 Å². The third-order valence-electron chi connectivity index (χ3n) is 4.93. The number of amides is 1. The number of nitrogens with one attached hydrogen (secondary N) is 1. The Morgan fingerprint density at radius 2 is 1.81 bits per heavy atom. The van der Waals surface area contributed by atoms with Crippen molar-refractivity contribution in [1.29, 1.82) is 0 Å². The van der Waals surface area contributed by atoms with Crippen LogP contribution in [-0.2, 0) is 15.8 Å². The molecule has 0 spiro atoms. The molecule has 3 atom stereocenters. The second-order valence-corrected chi connectivity index (χ2v) is 9.86. The highest BCUT2D eigenvalue weighted by Gasteiger charge is 2.28. The van der Waals surface area contributed by atoms with Crippen molar-refractivity contribution >= 4 is 28.1 Å². The van der Waals surface area contributed by atoms with E-state index >= 15 is 0 Å². The minimum Gasteiger partial charge on any atom is -0.444 e. The first kappa shape index (κ1) is 23.8. The van der Waals surface area contributed by atoms with Crippen molar-refractivity contribution in [1.82, 2.24) is 10.3 Å². The summed E-state index contributed by atoms with van der Waals surface area (Å²) in [6, 6.07) is 12.8. The Morgan fingerprint density at radius 1 is 1.16 bits per heavy atom. The summed E-state index contributed by atoms with van der Waals surface area (Å²) in [7, 11) is 0. The molecule has 3 aromatic rings. The average molecular weight is 459 g/mol. The Hall–Kier alpha value is -2.84. The number of hydrogen-bond acceptors (Lipinski definition) is 4. The van der Waals surface area contributed by atoms with Crippen molar-refractivity contribution in [3.8, 4) is 11.1 Å². The number of benzene rings is 2. The van der Waals surface area contributed by atoms with Crippen LogP contribution in [-0.4, -0.2) is 25.4 Å². The van der Waals surface area contributed by atoms with Crippen molar-refractivity contribution in [3.63, 3.8) is 0 Å². The lowest BCUT2D eigenvalue weighted by Crippen LogP contribution is -2.34. The number of aromatic nitrogens is 1. The predicted molar refractivity (Wildman–Crippen MR) is 124 cm³/mol. The van der Waals surface area contributed by atoms with Gasteiger partial charge < -0.3 is 14.6 Å². The van der Waals surface area contributed by atoms with Gasteiger partial charge in [0.15, 0.2) is 11.1 Å². The van der Waals surface area contributed by atoms with Gasteiger partial charge in [-0.3, -0.25) is 0 Å². The number of carbonyl (C=O) groups is 1. The lowest BCUT2D eigenvalue weighted by atomic mass is 9.90. The number of hydrogen-bond donors (Lipinski definition) is 2. The molecular weight excluding hydrogens is 431 g/mol. The fourth-order valence-electron chi connectivity index (χ4n) is 3.58. The molecule has 2 aromatic carbocycles. The molecule has 6 nitrogen and oxygen atoms in total. The Balaban J connectivity index is 2.28. The summed E-state index contributed by atoms with van der Waals surface area (Å²) in [6.07, 6.45) is -0.606. The largest absolute Gasteiger partial charge is 0.444 e. The van der Waals surface area contributed by atoms with E-state index in [1.807, 2.05) is 30.3 Å². The van der Waals surface area contributed by atoms with Crippen LogP contribution in [0.1, 0.15) is 57.2 Å². The minimum absolute atomic E-state index is 0.451. The van der Waals surface area contributed by atoms with E-state index in [4.69, 9.17) is 9.72 Å². The molecule has 0 radical (unpaired) electrons. The van der Waals surface area contributed by atoms with E-state index in [1.165, 1.54) is 18.2 Å². The van der Waals surface area contributed by atoms with Gasteiger partial charge in [-0.15, -0.1) is 0 Å². The van der Waals surface area contributed by atoms with Gasteiger partial charge in [0.2, 0.25) is 0 Å². The highest BCUT2D eigenvalue weighted by atomic mass is 32.2. The third kappa shape index (κ3) is 5.31. The fraction of sp³-hybridized carbons (Fsp3) is 0.333. The molecule has 1 heterocycles. The molecule has 1 amide bonds. The molecule has 8 heteroatoms. The van der Waals surface area contributed by atoms with E-state index in [0.717, 1.165) is 5.56 Å². The molecule has 3 unspecified atom stereocenters. The van der Waals surface area contributed by atoms with Crippen LogP contribution in [0.15, 0.2) is 48.5 Å². The molecule has 0 fully saturated rings. The van der Waals surface area contributed by atoms with Crippen molar-refractivity contribution < 1.29 is 22.7 Å². The monoisotopic (exact) mass is 458 g/mol. The van der Waals surface area contributed by atoms with E-state index in [1.54, 1.807) is 34.6 Å².